The minimum absolute atomic E-state index is 0.157. The first kappa shape index (κ1) is 13.6. The van der Waals surface area contributed by atoms with E-state index in [1.165, 1.54) is 30.6 Å². The van der Waals surface area contributed by atoms with Gasteiger partial charge in [-0.25, -0.2) is 4.39 Å². The summed E-state index contributed by atoms with van der Waals surface area (Å²) in [6.45, 7) is 2.00. The molecule has 0 radical (unpaired) electrons. The average Bonchev–Trinajstić information content (AvgIpc) is 3.12. The van der Waals surface area contributed by atoms with Gasteiger partial charge in [-0.3, -0.25) is 0 Å². The highest BCUT2D eigenvalue weighted by Crippen LogP contribution is 2.39. The Morgan fingerprint density at radius 1 is 1.25 bits per heavy atom. The maximum absolute atomic E-state index is 14.0. The maximum Gasteiger partial charge on any atom is 0.146 e. The van der Waals surface area contributed by atoms with Crippen LogP contribution in [0, 0.1) is 18.7 Å². The molecule has 1 N–H and O–H groups in total. The van der Waals surface area contributed by atoms with Gasteiger partial charge in [0.25, 0.3) is 0 Å². The smallest absolute Gasteiger partial charge is 0.146 e. The Kier molecular flexibility index (Phi) is 4.06. The summed E-state index contributed by atoms with van der Waals surface area (Å²) in [6.07, 6.45) is 5.07. The third kappa shape index (κ3) is 2.88. The minimum atomic E-state index is -0.157. The second kappa shape index (κ2) is 5.96. The van der Waals surface area contributed by atoms with Crippen LogP contribution in [-0.2, 0) is 0 Å². The van der Waals surface area contributed by atoms with E-state index in [9.17, 15) is 4.39 Å². The lowest BCUT2D eigenvalue weighted by Gasteiger charge is -2.25. The highest BCUT2D eigenvalue weighted by molar-refractivity contribution is 7.10. The van der Waals surface area contributed by atoms with Gasteiger partial charge in [-0.2, -0.15) is 0 Å². The van der Waals surface area contributed by atoms with Gasteiger partial charge < -0.3 is 5.32 Å². The Labute approximate surface area is 123 Å². The van der Waals surface area contributed by atoms with Crippen molar-refractivity contribution >= 4 is 17.0 Å². The zero-order valence-corrected chi connectivity index (χ0v) is 12.5. The fourth-order valence-corrected chi connectivity index (χ4v) is 3.97. The van der Waals surface area contributed by atoms with E-state index in [1.807, 2.05) is 19.1 Å². The van der Waals surface area contributed by atoms with Gasteiger partial charge in [-0.1, -0.05) is 25.0 Å². The van der Waals surface area contributed by atoms with Crippen molar-refractivity contribution in [3.63, 3.8) is 0 Å². The van der Waals surface area contributed by atoms with Gasteiger partial charge in [-0.15, -0.1) is 11.3 Å². The summed E-state index contributed by atoms with van der Waals surface area (Å²) in [7, 11) is 0. The standard InChI is InChI=1S/C17H20FNS/c1-12-8-9-14(18)15(11-12)19-17(13-5-2-3-6-13)16-7-4-10-20-16/h4,7-11,13,17,19H,2-3,5-6H2,1H3. The Hall–Kier alpha value is -1.35. The minimum Gasteiger partial charge on any atom is -0.375 e. The fourth-order valence-electron chi connectivity index (χ4n) is 3.10. The molecule has 20 heavy (non-hydrogen) atoms. The second-order valence-electron chi connectivity index (χ2n) is 5.67. The molecule has 1 atom stereocenters. The zero-order chi connectivity index (χ0) is 13.9. The van der Waals surface area contributed by atoms with E-state index < -0.39 is 0 Å². The van der Waals surface area contributed by atoms with Gasteiger partial charge in [0.15, 0.2) is 0 Å². The molecule has 0 amide bonds. The number of hydrogen-bond acceptors (Lipinski definition) is 2. The van der Waals surface area contributed by atoms with Crippen LogP contribution in [0.4, 0.5) is 10.1 Å². The van der Waals surface area contributed by atoms with Crippen LogP contribution < -0.4 is 5.32 Å². The van der Waals surface area contributed by atoms with Crippen LogP contribution in [0.5, 0.6) is 0 Å². The molecule has 1 nitrogen and oxygen atoms in total. The molecule has 1 unspecified atom stereocenters. The third-order valence-electron chi connectivity index (χ3n) is 4.15. The van der Waals surface area contributed by atoms with Crippen LogP contribution in [0.1, 0.15) is 42.2 Å². The van der Waals surface area contributed by atoms with Crippen molar-refractivity contribution in [3.8, 4) is 0 Å². The Bertz CT molecular complexity index is 558. The molecule has 1 aliphatic carbocycles. The van der Waals surface area contributed by atoms with Crippen LogP contribution in [0.3, 0.4) is 0 Å². The number of anilines is 1. The molecule has 1 aromatic carbocycles. The second-order valence-corrected chi connectivity index (χ2v) is 6.64. The summed E-state index contributed by atoms with van der Waals surface area (Å²) in [6, 6.07) is 9.76. The van der Waals surface area contributed by atoms with Crippen molar-refractivity contribution in [1.82, 2.24) is 0 Å². The van der Waals surface area contributed by atoms with Crippen molar-refractivity contribution in [2.45, 2.75) is 38.6 Å². The molecule has 0 spiro atoms. The predicted molar refractivity (Wildman–Crippen MR) is 83.8 cm³/mol. The van der Waals surface area contributed by atoms with Gasteiger partial charge >= 0.3 is 0 Å². The first-order valence-electron chi connectivity index (χ1n) is 7.30. The molecule has 106 valence electrons. The Morgan fingerprint density at radius 2 is 2.05 bits per heavy atom. The third-order valence-corrected chi connectivity index (χ3v) is 5.11. The van der Waals surface area contributed by atoms with E-state index in [0.717, 1.165) is 5.56 Å². The van der Waals surface area contributed by atoms with Crippen LogP contribution >= 0.6 is 11.3 Å². The number of aryl methyl sites for hydroxylation is 1. The number of hydrogen-bond donors (Lipinski definition) is 1. The zero-order valence-electron chi connectivity index (χ0n) is 11.7. The molecule has 3 rings (SSSR count). The topological polar surface area (TPSA) is 12.0 Å². The maximum atomic E-state index is 14.0. The Balaban J connectivity index is 1.88. The van der Waals surface area contributed by atoms with Crippen molar-refractivity contribution in [2.24, 2.45) is 5.92 Å². The lowest BCUT2D eigenvalue weighted by atomic mass is 9.96. The highest BCUT2D eigenvalue weighted by Gasteiger charge is 2.27. The quantitative estimate of drug-likeness (QED) is 0.779. The molecule has 1 fully saturated rings. The van der Waals surface area contributed by atoms with Gasteiger partial charge in [0, 0.05) is 4.88 Å². The lowest BCUT2D eigenvalue weighted by Crippen LogP contribution is -2.18. The molecule has 1 saturated carbocycles. The molecule has 2 aromatic rings. The number of thiophene rings is 1. The van der Waals surface area contributed by atoms with Gasteiger partial charge in [0.2, 0.25) is 0 Å². The molecule has 3 heteroatoms. The first-order valence-corrected chi connectivity index (χ1v) is 8.18. The van der Waals surface area contributed by atoms with E-state index in [1.54, 1.807) is 17.4 Å². The molecule has 0 bridgehead atoms. The molecular formula is C17H20FNS. The van der Waals surface area contributed by atoms with E-state index in [-0.39, 0.29) is 11.9 Å². The lowest BCUT2D eigenvalue weighted by molar-refractivity contribution is 0.473. The van der Waals surface area contributed by atoms with Gasteiger partial charge in [0.05, 0.1) is 11.7 Å². The summed E-state index contributed by atoms with van der Waals surface area (Å²) in [5.41, 5.74) is 1.72. The summed E-state index contributed by atoms with van der Waals surface area (Å²) >= 11 is 1.76. The van der Waals surface area contributed by atoms with E-state index in [0.29, 0.717) is 11.6 Å². The van der Waals surface area contributed by atoms with E-state index in [4.69, 9.17) is 0 Å². The van der Waals surface area contributed by atoms with Crippen molar-refractivity contribution in [2.75, 3.05) is 5.32 Å². The fraction of sp³-hybridized carbons (Fsp3) is 0.412. The van der Waals surface area contributed by atoms with Crippen molar-refractivity contribution in [3.05, 3.63) is 52.0 Å². The van der Waals surface area contributed by atoms with Crippen LogP contribution in [-0.4, -0.2) is 0 Å². The summed E-state index contributed by atoms with van der Waals surface area (Å²) < 4.78 is 14.0. The number of rotatable bonds is 4. The number of benzene rings is 1. The predicted octanol–water partition coefficient (Wildman–Crippen LogP) is 5.54. The molecule has 0 saturated heterocycles. The average molecular weight is 289 g/mol. The molecule has 1 heterocycles. The summed E-state index contributed by atoms with van der Waals surface area (Å²) in [4.78, 5) is 1.32. The monoisotopic (exact) mass is 289 g/mol. The van der Waals surface area contributed by atoms with Crippen molar-refractivity contribution in [1.29, 1.82) is 0 Å². The molecular weight excluding hydrogens is 269 g/mol. The van der Waals surface area contributed by atoms with Crippen LogP contribution in [0.25, 0.3) is 0 Å². The summed E-state index contributed by atoms with van der Waals surface area (Å²) in [5, 5.41) is 5.57. The van der Waals surface area contributed by atoms with E-state index >= 15 is 0 Å². The molecule has 1 aliphatic rings. The largest absolute Gasteiger partial charge is 0.375 e. The van der Waals surface area contributed by atoms with Gasteiger partial charge in [0.1, 0.15) is 5.82 Å². The van der Waals surface area contributed by atoms with E-state index in [2.05, 4.69) is 22.8 Å². The molecule has 0 aliphatic heterocycles. The first-order chi connectivity index (χ1) is 9.74. The van der Waals surface area contributed by atoms with Crippen LogP contribution in [0.2, 0.25) is 0 Å². The number of halogens is 1. The number of nitrogens with one attached hydrogen (secondary N) is 1. The summed E-state index contributed by atoms with van der Waals surface area (Å²) in [5.74, 6) is 0.462. The Morgan fingerprint density at radius 3 is 2.75 bits per heavy atom. The van der Waals surface area contributed by atoms with Crippen molar-refractivity contribution < 1.29 is 4.39 Å². The van der Waals surface area contributed by atoms with Gasteiger partial charge in [-0.05, 0) is 54.8 Å². The SMILES string of the molecule is Cc1ccc(F)c(NC(c2cccs2)C2CCCC2)c1. The molecule has 1 aromatic heterocycles. The normalized spacial score (nSPS) is 17.3. The highest BCUT2D eigenvalue weighted by atomic mass is 32.1. The van der Waals surface area contributed by atoms with Crippen LogP contribution in [0.15, 0.2) is 35.7 Å².